The fourth-order valence-corrected chi connectivity index (χ4v) is 1.68. The van der Waals surface area contributed by atoms with Crippen molar-refractivity contribution in [2.24, 2.45) is 5.41 Å². The summed E-state index contributed by atoms with van der Waals surface area (Å²) >= 11 is 0. The third-order valence-electron chi connectivity index (χ3n) is 2.80. The van der Waals surface area contributed by atoms with Crippen LogP contribution in [0.25, 0.3) is 0 Å². The lowest BCUT2D eigenvalue weighted by Gasteiger charge is -2.37. The second-order valence-electron chi connectivity index (χ2n) is 4.72. The van der Waals surface area contributed by atoms with Crippen LogP contribution >= 0.6 is 0 Å². The molecule has 0 amide bonds. The molecule has 0 bridgehead atoms. The van der Waals surface area contributed by atoms with E-state index < -0.39 is 11.8 Å². The van der Waals surface area contributed by atoms with Gasteiger partial charge in [0.1, 0.15) is 5.75 Å². The number of Topliss-reactive ketones (excluding diaryl/α,β-unsaturated/α-hetero) is 1. The number of ether oxygens (including phenoxy) is 2. The molecule has 18 heavy (non-hydrogen) atoms. The van der Waals surface area contributed by atoms with Gasteiger partial charge in [-0.05, 0) is 12.1 Å². The summed E-state index contributed by atoms with van der Waals surface area (Å²) in [6, 6.07) is 6.36. The summed E-state index contributed by atoms with van der Waals surface area (Å²) in [4.78, 5) is 22.2. The standard InChI is InChI=1S/C13H14O5/c1-13(6-17-7-13)8-18-10-5-3-2-4-9(10)11(14)12(15)16/h2-5H,6-8H2,1H3,(H,15,16). The van der Waals surface area contributed by atoms with Crippen molar-refractivity contribution in [3.05, 3.63) is 29.8 Å². The third kappa shape index (κ3) is 2.51. The van der Waals surface area contributed by atoms with Gasteiger partial charge in [-0.15, -0.1) is 0 Å². The second-order valence-corrected chi connectivity index (χ2v) is 4.72. The monoisotopic (exact) mass is 250 g/mol. The Morgan fingerprint density at radius 1 is 1.39 bits per heavy atom. The molecule has 0 aliphatic carbocycles. The van der Waals surface area contributed by atoms with Gasteiger partial charge in [-0.25, -0.2) is 4.79 Å². The van der Waals surface area contributed by atoms with Crippen LogP contribution in [-0.4, -0.2) is 36.7 Å². The Morgan fingerprint density at radius 2 is 2.06 bits per heavy atom. The lowest BCUT2D eigenvalue weighted by Crippen LogP contribution is -2.44. The molecule has 5 nitrogen and oxygen atoms in total. The molecule has 96 valence electrons. The third-order valence-corrected chi connectivity index (χ3v) is 2.80. The van der Waals surface area contributed by atoms with Gasteiger partial charge in [-0.1, -0.05) is 19.1 Å². The highest BCUT2D eigenvalue weighted by Crippen LogP contribution is 2.28. The maximum Gasteiger partial charge on any atom is 0.377 e. The number of para-hydroxylation sites is 1. The molecule has 1 N–H and O–H groups in total. The molecule has 2 rings (SSSR count). The number of hydrogen-bond acceptors (Lipinski definition) is 4. The average molecular weight is 250 g/mol. The minimum absolute atomic E-state index is 0.0562. The molecule has 1 aliphatic rings. The van der Waals surface area contributed by atoms with Crippen LogP contribution in [0.15, 0.2) is 24.3 Å². The maximum atomic E-state index is 11.5. The highest BCUT2D eigenvalue weighted by Gasteiger charge is 2.34. The number of hydrogen-bond donors (Lipinski definition) is 1. The first-order valence-electron chi connectivity index (χ1n) is 5.59. The van der Waals surface area contributed by atoms with E-state index in [1.165, 1.54) is 6.07 Å². The minimum atomic E-state index is -1.48. The zero-order chi connectivity index (χ0) is 13.2. The van der Waals surface area contributed by atoms with Crippen molar-refractivity contribution >= 4 is 11.8 Å². The predicted molar refractivity (Wildman–Crippen MR) is 62.8 cm³/mol. The van der Waals surface area contributed by atoms with Crippen molar-refractivity contribution in [1.82, 2.24) is 0 Å². The summed E-state index contributed by atoms with van der Waals surface area (Å²) in [5.41, 5.74) is 0.0215. The number of carboxylic acids is 1. The van der Waals surface area contributed by atoms with Crippen LogP contribution in [0, 0.1) is 5.41 Å². The topological polar surface area (TPSA) is 72.8 Å². The Morgan fingerprint density at radius 3 is 2.61 bits per heavy atom. The van der Waals surface area contributed by atoms with Gasteiger partial charge in [-0.3, -0.25) is 4.79 Å². The van der Waals surface area contributed by atoms with Crippen molar-refractivity contribution in [2.75, 3.05) is 19.8 Å². The number of carboxylic acid groups (broad SMARTS) is 1. The predicted octanol–water partition coefficient (Wildman–Crippen LogP) is 1.37. The zero-order valence-corrected chi connectivity index (χ0v) is 10.0. The van der Waals surface area contributed by atoms with E-state index >= 15 is 0 Å². The first-order valence-corrected chi connectivity index (χ1v) is 5.59. The van der Waals surface area contributed by atoms with Crippen LogP contribution < -0.4 is 4.74 Å². The Labute approximate surface area is 104 Å². The minimum Gasteiger partial charge on any atom is -0.492 e. The van der Waals surface area contributed by atoms with Crippen LogP contribution in [0.4, 0.5) is 0 Å². The zero-order valence-electron chi connectivity index (χ0n) is 10.0. The first-order chi connectivity index (χ1) is 8.52. The van der Waals surface area contributed by atoms with Gasteiger partial charge in [0.15, 0.2) is 0 Å². The van der Waals surface area contributed by atoms with E-state index in [1.807, 2.05) is 6.92 Å². The summed E-state index contributed by atoms with van der Waals surface area (Å²) < 4.78 is 10.7. The van der Waals surface area contributed by atoms with E-state index in [4.69, 9.17) is 14.6 Å². The molecule has 0 atom stereocenters. The molecule has 0 aromatic heterocycles. The highest BCUT2D eigenvalue weighted by atomic mass is 16.5. The van der Waals surface area contributed by atoms with Crippen molar-refractivity contribution in [1.29, 1.82) is 0 Å². The molecular weight excluding hydrogens is 236 g/mol. The van der Waals surface area contributed by atoms with Crippen LogP contribution in [0.3, 0.4) is 0 Å². The van der Waals surface area contributed by atoms with Gasteiger partial charge in [0.25, 0.3) is 5.78 Å². The maximum absolute atomic E-state index is 11.5. The van der Waals surface area contributed by atoms with Crippen LogP contribution in [0.2, 0.25) is 0 Å². The quantitative estimate of drug-likeness (QED) is 0.631. The molecule has 1 aromatic carbocycles. The van der Waals surface area contributed by atoms with Gasteiger partial charge in [-0.2, -0.15) is 0 Å². The first kappa shape index (κ1) is 12.6. The molecular formula is C13H14O5. The Hall–Kier alpha value is -1.88. The highest BCUT2D eigenvalue weighted by molar-refractivity contribution is 6.40. The van der Waals surface area contributed by atoms with E-state index in [2.05, 4.69) is 0 Å². The summed E-state index contributed by atoms with van der Waals surface area (Å²) in [5, 5.41) is 8.72. The SMILES string of the molecule is CC1(COc2ccccc2C(=O)C(=O)O)COC1. The van der Waals surface area contributed by atoms with E-state index in [9.17, 15) is 9.59 Å². The molecule has 0 radical (unpaired) electrons. The van der Waals surface area contributed by atoms with Gasteiger partial charge in [0.05, 0.1) is 25.4 Å². The lowest BCUT2D eigenvalue weighted by molar-refractivity contribution is -0.131. The van der Waals surface area contributed by atoms with Gasteiger partial charge >= 0.3 is 5.97 Å². The Balaban J connectivity index is 2.12. The second kappa shape index (κ2) is 4.78. The van der Waals surface area contributed by atoms with Crippen LogP contribution in [-0.2, 0) is 9.53 Å². The number of ketones is 1. The summed E-state index contributed by atoms with van der Waals surface area (Å²) in [7, 11) is 0. The van der Waals surface area contributed by atoms with Crippen molar-refractivity contribution in [3.63, 3.8) is 0 Å². The number of aliphatic carboxylic acids is 1. The number of carbonyl (C=O) groups is 2. The van der Waals surface area contributed by atoms with E-state index in [0.717, 1.165) is 0 Å². The van der Waals surface area contributed by atoms with Crippen molar-refractivity contribution in [3.8, 4) is 5.75 Å². The van der Waals surface area contributed by atoms with Gasteiger partial charge < -0.3 is 14.6 Å². The van der Waals surface area contributed by atoms with Crippen LogP contribution in [0.1, 0.15) is 17.3 Å². The number of rotatable bonds is 5. The van der Waals surface area contributed by atoms with Gasteiger partial charge in [0, 0.05) is 5.41 Å². The molecule has 0 saturated carbocycles. The molecule has 1 saturated heterocycles. The van der Waals surface area contributed by atoms with E-state index in [-0.39, 0.29) is 11.0 Å². The summed E-state index contributed by atoms with van der Waals surface area (Å²) in [6.45, 7) is 3.64. The Bertz CT molecular complexity index is 476. The fourth-order valence-electron chi connectivity index (χ4n) is 1.68. The van der Waals surface area contributed by atoms with Crippen molar-refractivity contribution in [2.45, 2.75) is 6.92 Å². The van der Waals surface area contributed by atoms with E-state index in [0.29, 0.717) is 25.6 Å². The van der Waals surface area contributed by atoms with Crippen molar-refractivity contribution < 1.29 is 24.2 Å². The molecule has 1 fully saturated rings. The molecule has 1 aromatic rings. The molecule has 0 unspecified atom stereocenters. The van der Waals surface area contributed by atoms with Crippen LogP contribution in [0.5, 0.6) is 5.75 Å². The fraction of sp³-hybridized carbons (Fsp3) is 0.385. The Kier molecular flexibility index (Phi) is 3.34. The molecule has 1 aliphatic heterocycles. The molecule has 1 heterocycles. The number of carbonyl (C=O) groups excluding carboxylic acids is 1. The average Bonchev–Trinajstić information content (AvgIpc) is 2.33. The lowest BCUT2D eigenvalue weighted by atomic mass is 9.90. The summed E-state index contributed by atoms with van der Waals surface area (Å²) in [6.07, 6.45) is 0. The summed E-state index contributed by atoms with van der Waals surface area (Å²) in [5.74, 6) is -2.14. The van der Waals surface area contributed by atoms with E-state index in [1.54, 1.807) is 18.2 Å². The molecule has 5 heteroatoms. The van der Waals surface area contributed by atoms with Gasteiger partial charge in [0.2, 0.25) is 0 Å². The smallest absolute Gasteiger partial charge is 0.377 e. The molecule has 0 spiro atoms. The normalized spacial score (nSPS) is 16.7. The largest absolute Gasteiger partial charge is 0.492 e. The number of benzene rings is 1.